The lowest BCUT2D eigenvalue weighted by Crippen LogP contribution is -2.18. The molecule has 0 aromatic carbocycles. The first kappa shape index (κ1) is 6.69. The van der Waals surface area contributed by atoms with Crippen molar-refractivity contribution in [3.8, 4) is 0 Å². The molecule has 2 fully saturated rings. The second kappa shape index (κ2) is 2.25. The van der Waals surface area contributed by atoms with E-state index in [0.717, 1.165) is 23.7 Å². The average molecular weight is 138 g/mol. The highest BCUT2D eigenvalue weighted by molar-refractivity contribution is 4.95. The fraction of sp³-hybridized carbons (Fsp3) is 1.00. The van der Waals surface area contributed by atoms with E-state index in [1.807, 2.05) is 0 Å². The molecule has 0 aromatic heterocycles. The lowest BCUT2D eigenvalue weighted by Gasteiger charge is -2.27. The Kier molecular flexibility index (Phi) is 1.51. The Hall–Kier alpha value is 0. The lowest BCUT2D eigenvalue weighted by molar-refractivity contribution is 0.233. The summed E-state index contributed by atoms with van der Waals surface area (Å²) in [7, 11) is 0. The maximum atomic E-state index is 2.47. The van der Waals surface area contributed by atoms with Crippen molar-refractivity contribution in [2.24, 2.45) is 23.7 Å². The van der Waals surface area contributed by atoms with E-state index in [9.17, 15) is 0 Å². The minimum absolute atomic E-state index is 1.06. The van der Waals surface area contributed by atoms with Crippen LogP contribution in [0.15, 0.2) is 0 Å². The van der Waals surface area contributed by atoms with Gasteiger partial charge >= 0.3 is 0 Å². The van der Waals surface area contributed by atoms with Crippen LogP contribution in [0.4, 0.5) is 0 Å². The van der Waals surface area contributed by atoms with Gasteiger partial charge in [-0.25, -0.2) is 0 Å². The van der Waals surface area contributed by atoms with Gasteiger partial charge in [-0.3, -0.25) is 0 Å². The van der Waals surface area contributed by atoms with Crippen molar-refractivity contribution in [3.63, 3.8) is 0 Å². The van der Waals surface area contributed by atoms with Crippen molar-refractivity contribution in [2.75, 3.05) is 0 Å². The van der Waals surface area contributed by atoms with Crippen LogP contribution in [0, 0.1) is 23.7 Å². The Labute approximate surface area is 64.0 Å². The molecule has 0 spiro atoms. The number of hydrogen-bond donors (Lipinski definition) is 0. The summed E-state index contributed by atoms with van der Waals surface area (Å²) in [6.45, 7) is 4.82. The summed E-state index contributed by atoms with van der Waals surface area (Å²) >= 11 is 0. The first-order chi connectivity index (χ1) is 4.83. The molecule has 4 atom stereocenters. The molecule has 58 valence electrons. The Bertz CT molecular complexity index is 128. The molecule has 0 heteroatoms. The molecule has 0 radical (unpaired) electrons. The molecule has 4 unspecified atom stereocenters. The molecule has 2 aliphatic rings. The fourth-order valence-electron chi connectivity index (χ4n) is 2.86. The second-order valence-electron chi connectivity index (χ2n) is 4.26. The normalized spacial score (nSPS) is 52.2. The van der Waals surface area contributed by atoms with E-state index in [-0.39, 0.29) is 0 Å². The zero-order valence-corrected chi connectivity index (χ0v) is 7.14. The van der Waals surface area contributed by atoms with Crippen LogP contribution in [0.3, 0.4) is 0 Å². The van der Waals surface area contributed by atoms with Crippen LogP contribution in [-0.4, -0.2) is 0 Å². The third-order valence-corrected chi connectivity index (χ3v) is 3.83. The van der Waals surface area contributed by atoms with Crippen molar-refractivity contribution >= 4 is 0 Å². The van der Waals surface area contributed by atoms with Crippen LogP contribution < -0.4 is 0 Å². The summed E-state index contributed by atoms with van der Waals surface area (Å²) in [6, 6.07) is 0. The number of rotatable bonds is 1. The minimum Gasteiger partial charge on any atom is -0.0651 e. The van der Waals surface area contributed by atoms with E-state index in [1.54, 1.807) is 12.8 Å². The Balaban J connectivity index is 1.97. The maximum Gasteiger partial charge on any atom is -0.0355 e. The van der Waals surface area contributed by atoms with Crippen molar-refractivity contribution in [2.45, 2.75) is 39.5 Å². The van der Waals surface area contributed by atoms with Crippen LogP contribution in [-0.2, 0) is 0 Å². The molecule has 0 bridgehead atoms. The molecule has 0 N–H and O–H groups in total. The Morgan fingerprint density at radius 2 is 2.10 bits per heavy atom. The van der Waals surface area contributed by atoms with Crippen molar-refractivity contribution in [1.82, 2.24) is 0 Å². The standard InChI is InChI=1S/C10H18/c1-3-8-4-5-9-6-10(9)7(8)2/h7-10H,3-6H2,1-2H3. The SMILES string of the molecule is CCC1CCC2CC2C1C. The zero-order chi connectivity index (χ0) is 7.14. The fourth-order valence-corrected chi connectivity index (χ4v) is 2.86. The van der Waals surface area contributed by atoms with E-state index < -0.39 is 0 Å². The lowest BCUT2D eigenvalue weighted by atomic mass is 9.79. The molecular formula is C10H18. The third-order valence-electron chi connectivity index (χ3n) is 3.83. The number of hydrogen-bond acceptors (Lipinski definition) is 0. The van der Waals surface area contributed by atoms with Gasteiger partial charge < -0.3 is 0 Å². The summed E-state index contributed by atoms with van der Waals surface area (Å²) in [4.78, 5) is 0. The largest absolute Gasteiger partial charge is 0.0651 e. The molecule has 0 amide bonds. The zero-order valence-electron chi connectivity index (χ0n) is 7.14. The van der Waals surface area contributed by atoms with Gasteiger partial charge in [0, 0.05) is 0 Å². The van der Waals surface area contributed by atoms with Gasteiger partial charge in [0.2, 0.25) is 0 Å². The van der Waals surface area contributed by atoms with Crippen molar-refractivity contribution in [3.05, 3.63) is 0 Å². The van der Waals surface area contributed by atoms with Gasteiger partial charge in [-0.15, -0.1) is 0 Å². The Morgan fingerprint density at radius 3 is 2.80 bits per heavy atom. The van der Waals surface area contributed by atoms with E-state index in [4.69, 9.17) is 0 Å². The Morgan fingerprint density at radius 1 is 1.30 bits per heavy atom. The van der Waals surface area contributed by atoms with Crippen LogP contribution in [0.1, 0.15) is 39.5 Å². The van der Waals surface area contributed by atoms with Crippen molar-refractivity contribution in [1.29, 1.82) is 0 Å². The second-order valence-corrected chi connectivity index (χ2v) is 4.26. The average Bonchev–Trinajstić information content (AvgIpc) is 2.68. The van der Waals surface area contributed by atoms with Crippen LogP contribution in [0.5, 0.6) is 0 Å². The molecule has 0 aliphatic heterocycles. The van der Waals surface area contributed by atoms with Gasteiger partial charge in [-0.2, -0.15) is 0 Å². The molecule has 2 rings (SSSR count). The maximum absolute atomic E-state index is 2.47. The highest BCUT2D eigenvalue weighted by Gasteiger charge is 2.46. The van der Waals surface area contributed by atoms with E-state index >= 15 is 0 Å². The molecule has 0 heterocycles. The summed E-state index contributed by atoms with van der Waals surface area (Å²) in [5, 5.41) is 0. The van der Waals surface area contributed by atoms with Crippen LogP contribution >= 0.6 is 0 Å². The first-order valence-electron chi connectivity index (χ1n) is 4.83. The van der Waals surface area contributed by atoms with Crippen molar-refractivity contribution < 1.29 is 0 Å². The van der Waals surface area contributed by atoms with E-state index in [1.165, 1.54) is 12.8 Å². The highest BCUT2D eigenvalue weighted by Crippen LogP contribution is 2.55. The van der Waals surface area contributed by atoms with Crippen LogP contribution in [0.25, 0.3) is 0 Å². The third kappa shape index (κ3) is 0.889. The highest BCUT2D eigenvalue weighted by atomic mass is 14.5. The van der Waals surface area contributed by atoms with Gasteiger partial charge in [-0.05, 0) is 42.9 Å². The molecule has 0 nitrogen and oxygen atoms in total. The minimum atomic E-state index is 1.06. The van der Waals surface area contributed by atoms with Crippen LogP contribution in [0.2, 0.25) is 0 Å². The molecule has 10 heavy (non-hydrogen) atoms. The van der Waals surface area contributed by atoms with Gasteiger partial charge in [0.05, 0.1) is 0 Å². The topological polar surface area (TPSA) is 0 Å². The van der Waals surface area contributed by atoms with Gasteiger partial charge in [0.15, 0.2) is 0 Å². The summed E-state index contributed by atoms with van der Waals surface area (Å²) in [6.07, 6.45) is 6.06. The molecule has 0 aromatic rings. The summed E-state index contributed by atoms with van der Waals surface area (Å²) < 4.78 is 0. The van der Waals surface area contributed by atoms with Gasteiger partial charge in [0.25, 0.3) is 0 Å². The number of fused-ring (bicyclic) bond motifs is 1. The van der Waals surface area contributed by atoms with Gasteiger partial charge in [0.1, 0.15) is 0 Å². The van der Waals surface area contributed by atoms with E-state index in [2.05, 4.69) is 13.8 Å². The summed E-state index contributed by atoms with van der Waals surface area (Å²) in [5.41, 5.74) is 0. The smallest absolute Gasteiger partial charge is 0.0355 e. The van der Waals surface area contributed by atoms with Gasteiger partial charge in [-0.1, -0.05) is 20.3 Å². The van der Waals surface area contributed by atoms with E-state index in [0.29, 0.717) is 0 Å². The predicted molar refractivity (Wildman–Crippen MR) is 43.8 cm³/mol. The summed E-state index contributed by atoms with van der Waals surface area (Å²) in [5.74, 6) is 4.45. The first-order valence-corrected chi connectivity index (χ1v) is 4.83. The molecule has 2 aliphatic carbocycles. The molecule has 0 saturated heterocycles. The molecular weight excluding hydrogens is 120 g/mol. The quantitative estimate of drug-likeness (QED) is 0.522. The monoisotopic (exact) mass is 138 g/mol. The predicted octanol–water partition coefficient (Wildman–Crippen LogP) is 3.08. The molecule has 2 saturated carbocycles.